The summed E-state index contributed by atoms with van der Waals surface area (Å²) in [6.45, 7) is 7.17. The van der Waals surface area contributed by atoms with Gasteiger partial charge in [-0.3, -0.25) is 9.59 Å². The number of rotatable bonds is 9. The molecule has 1 aromatic heterocycles. The zero-order chi connectivity index (χ0) is 22.4. The standard InChI is InChI=1S/C25H32N2O5/c1-19(28)20-4-6-21(7-5-20)31-16-22-8-9-23(32-22)24(29)26-17-25(10-14-30-15-11-25)18-27-12-2-3-13-27/h4-9H,2-3,10-18H2,1H3,(H,26,29). The maximum absolute atomic E-state index is 12.7. The van der Waals surface area contributed by atoms with Gasteiger partial charge in [0.25, 0.3) is 5.91 Å². The number of hydrogen-bond donors (Lipinski definition) is 1. The van der Waals surface area contributed by atoms with E-state index in [1.807, 2.05) is 0 Å². The summed E-state index contributed by atoms with van der Waals surface area (Å²) >= 11 is 0. The predicted molar refractivity (Wildman–Crippen MR) is 120 cm³/mol. The smallest absolute Gasteiger partial charge is 0.287 e. The lowest BCUT2D eigenvalue weighted by molar-refractivity contribution is -0.000762. The van der Waals surface area contributed by atoms with Gasteiger partial charge in [-0.2, -0.15) is 0 Å². The molecule has 0 spiro atoms. The number of likely N-dealkylation sites (tertiary alicyclic amines) is 1. The molecule has 0 aliphatic carbocycles. The Bertz CT molecular complexity index is 909. The Morgan fingerprint density at radius 3 is 2.47 bits per heavy atom. The minimum atomic E-state index is -0.200. The molecule has 2 aliphatic rings. The fraction of sp³-hybridized carbons (Fsp3) is 0.520. The second-order valence-electron chi connectivity index (χ2n) is 8.91. The number of Topliss-reactive ketones (excluding diaryl/α,β-unsaturated/α-hetero) is 1. The quantitative estimate of drug-likeness (QED) is 0.599. The first kappa shape index (κ1) is 22.6. The van der Waals surface area contributed by atoms with Crippen molar-refractivity contribution in [1.29, 1.82) is 0 Å². The second kappa shape index (κ2) is 10.3. The summed E-state index contributed by atoms with van der Waals surface area (Å²) in [4.78, 5) is 26.6. The van der Waals surface area contributed by atoms with E-state index in [2.05, 4.69) is 10.2 Å². The van der Waals surface area contributed by atoms with Crippen molar-refractivity contribution < 1.29 is 23.5 Å². The van der Waals surface area contributed by atoms with Crippen LogP contribution in [0.4, 0.5) is 0 Å². The molecule has 4 rings (SSSR count). The lowest BCUT2D eigenvalue weighted by Crippen LogP contribution is -2.48. The molecule has 0 unspecified atom stereocenters. The minimum Gasteiger partial charge on any atom is -0.486 e. The van der Waals surface area contributed by atoms with Gasteiger partial charge in [0.05, 0.1) is 0 Å². The molecule has 2 fully saturated rings. The molecule has 3 heterocycles. The van der Waals surface area contributed by atoms with Gasteiger partial charge in [-0.05, 0) is 82.1 Å². The maximum Gasteiger partial charge on any atom is 0.287 e. The molecule has 2 aromatic rings. The molecule has 172 valence electrons. The third-order valence-electron chi connectivity index (χ3n) is 6.46. The number of ether oxygens (including phenoxy) is 2. The summed E-state index contributed by atoms with van der Waals surface area (Å²) in [7, 11) is 0. The molecule has 1 amide bonds. The normalized spacial score (nSPS) is 18.4. The van der Waals surface area contributed by atoms with Gasteiger partial charge in [0.1, 0.15) is 18.1 Å². The number of ketones is 1. The van der Waals surface area contributed by atoms with Crippen LogP contribution in [0.15, 0.2) is 40.8 Å². The topological polar surface area (TPSA) is 81.0 Å². The van der Waals surface area contributed by atoms with Crippen LogP contribution >= 0.6 is 0 Å². The lowest BCUT2D eigenvalue weighted by Gasteiger charge is -2.40. The van der Waals surface area contributed by atoms with Crippen molar-refractivity contribution in [1.82, 2.24) is 10.2 Å². The summed E-state index contributed by atoms with van der Waals surface area (Å²) in [6, 6.07) is 10.4. The second-order valence-corrected chi connectivity index (χ2v) is 8.91. The molecule has 2 aliphatic heterocycles. The van der Waals surface area contributed by atoms with E-state index < -0.39 is 0 Å². The van der Waals surface area contributed by atoms with Crippen LogP contribution in [0.25, 0.3) is 0 Å². The molecular formula is C25H32N2O5. The Balaban J connectivity index is 1.30. The highest BCUT2D eigenvalue weighted by Gasteiger charge is 2.35. The molecule has 1 aromatic carbocycles. The molecule has 2 saturated heterocycles. The molecular weight excluding hydrogens is 408 g/mol. The van der Waals surface area contributed by atoms with E-state index in [1.165, 1.54) is 19.8 Å². The van der Waals surface area contributed by atoms with Gasteiger partial charge in [-0.15, -0.1) is 0 Å². The first-order chi connectivity index (χ1) is 15.5. The Morgan fingerprint density at radius 1 is 1.06 bits per heavy atom. The van der Waals surface area contributed by atoms with Gasteiger partial charge in [-0.1, -0.05) is 0 Å². The van der Waals surface area contributed by atoms with Gasteiger partial charge < -0.3 is 24.1 Å². The average Bonchev–Trinajstić information content (AvgIpc) is 3.49. The van der Waals surface area contributed by atoms with Crippen LogP contribution in [0.3, 0.4) is 0 Å². The number of amides is 1. The van der Waals surface area contributed by atoms with Crippen molar-refractivity contribution in [2.24, 2.45) is 5.41 Å². The van der Waals surface area contributed by atoms with Crippen LogP contribution in [0.1, 0.15) is 59.3 Å². The first-order valence-electron chi connectivity index (χ1n) is 11.4. The van der Waals surface area contributed by atoms with Crippen molar-refractivity contribution >= 4 is 11.7 Å². The fourth-order valence-electron chi connectivity index (χ4n) is 4.48. The summed E-state index contributed by atoms with van der Waals surface area (Å²) in [5, 5.41) is 3.10. The van der Waals surface area contributed by atoms with Crippen molar-refractivity contribution in [2.75, 3.05) is 39.4 Å². The van der Waals surface area contributed by atoms with E-state index in [4.69, 9.17) is 13.9 Å². The minimum absolute atomic E-state index is 0.0150. The van der Waals surface area contributed by atoms with Gasteiger partial charge in [-0.25, -0.2) is 0 Å². The number of furan rings is 1. The molecule has 32 heavy (non-hydrogen) atoms. The molecule has 7 nitrogen and oxygen atoms in total. The van der Waals surface area contributed by atoms with Crippen LogP contribution in [-0.2, 0) is 11.3 Å². The lowest BCUT2D eigenvalue weighted by atomic mass is 9.79. The van der Waals surface area contributed by atoms with Crippen molar-refractivity contribution in [2.45, 2.75) is 39.2 Å². The molecule has 0 atom stereocenters. The van der Waals surface area contributed by atoms with Crippen LogP contribution in [-0.4, -0.2) is 56.0 Å². The zero-order valence-corrected chi connectivity index (χ0v) is 18.7. The predicted octanol–water partition coefficient (Wildman–Crippen LogP) is 3.68. The van der Waals surface area contributed by atoms with Crippen molar-refractivity contribution in [3.05, 3.63) is 53.5 Å². The van der Waals surface area contributed by atoms with Crippen LogP contribution < -0.4 is 10.1 Å². The third-order valence-corrected chi connectivity index (χ3v) is 6.46. The maximum atomic E-state index is 12.7. The molecule has 0 bridgehead atoms. The number of hydrogen-bond acceptors (Lipinski definition) is 6. The molecule has 0 saturated carbocycles. The van der Waals surface area contributed by atoms with Gasteiger partial charge in [0, 0.05) is 37.3 Å². The summed E-state index contributed by atoms with van der Waals surface area (Å²) < 4.78 is 17.0. The van der Waals surface area contributed by atoms with E-state index in [0.29, 0.717) is 29.4 Å². The Labute approximate surface area is 189 Å². The summed E-state index contributed by atoms with van der Waals surface area (Å²) in [6.07, 6.45) is 4.45. The summed E-state index contributed by atoms with van der Waals surface area (Å²) in [5.74, 6) is 1.32. The first-order valence-corrected chi connectivity index (χ1v) is 11.4. The highest BCUT2D eigenvalue weighted by Crippen LogP contribution is 2.32. The van der Waals surface area contributed by atoms with Crippen LogP contribution in [0.2, 0.25) is 0 Å². The monoisotopic (exact) mass is 440 g/mol. The van der Waals surface area contributed by atoms with E-state index in [-0.39, 0.29) is 23.7 Å². The number of nitrogens with one attached hydrogen (secondary N) is 1. The molecule has 0 radical (unpaired) electrons. The van der Waals surface area contributed by atoms with E-state index in [0.717, 1.165) is 45.7 Å². The largest absolute Gasteiger partial charge is 0.486 e. The number of carbonyl (C=O) groups excluding carboxylic acids is 2. The van der Waals surface area contributed by atoms with Crippen LogP contribution in [0, 0.1) is 5.41 Å². The Hall–Kier alpha value is -2.64. The molecule has 7 heteroatoms. The van der Waals surface area contributed by atoms with Crippen molar-refractivity contribution in [3.63, 3.8) is 0 Å². The van der Waals surface area contributed by atoms with Crippen LogP contribution in [0.5, 0.6) is 5.75 Å². The number of nitrogens with zero attached hydrogens (tertiary/aromatic N) is 1. The highest BCUT2D eigenvalue weighted by molar-refractivity contribution is 5.94. The Kier molecular flexibility index (Phi) is 7.27. The van der Waals surface area contributed by atoms with E-state index >= 15 is 0 Å². The molecule has 1 N–H and O–H groups in total. The zero-order valence-electron chi connectivity index (χ0n) is 18.7. The number of benzene rings is 1. The van der Waals surface area contributed by atoms with E-state index in [9.17, 15) is 9.59 Å². The third kappa shape index (κ3) is 5.78. The SMILES string of the molecule is CC(=O)c1ccc(OCc2ccc(C(=O)NCC3(CN4CCCC4)CCOCC3)o2)cc1. The highest BCUT2D eigenvalue weighted by atomic mass is 16.5. The van der Waals surface area contributed by atoms with Gasteiger partial charge in [0.2, 0.25) is 0 Å². The fourth-order valence-corrected chi connectivity index (χ4v) is 4.48. The average molecular weight is 441 g/mol. The van der Waals surface area contributed by atoms with Crippen molar-refractivity contribution in [3.8, 4) is 5.75 Å². The van der Waals surface area contributed by atoms with Gasteiger partial charge in [0.15, 0.2) is 11.5 Å². The summed E-state index contributed by atoms with van der Waals surface area (Å²) in [5.41, 5.74) is 0.698. The van der Waals surface area contributed by atoms with E-state index in [1.54, 1.807) is 36.4 Å². The Morgan fingerprint density at radius 2 is 1.78 bits per heavy atom. The number of carbonyl (C=O) groups is 2. The van der Waals surface area contributed by atoms with Gasteiger partial charge >= 0.3 is 0 Å².